The van der Waals surface area contributed by atoms with Gasteiger partial charge in [0.05, 0.1) is 0 Å². The molecule has 0 unspecified atom stereocenters. The predicted octanol–water partition coefficient (Wildman–Crippen LogP) is -4.67. The summed E-state index contributed by atoms with van der Waals surface area (Å²) in [4.78, 5) is 0. The van der Waals surface area contributed by atoms with Crippen molar-refractivity contribution in [3.8, 4) is 0 Å². The normalized spacial score (nSPS) is 5.77. The molecule has 0 rings (SSSR count). The maximum atomic E-state index is 8.62. The van der Waals surface area contributed by atoms with E-state index in [2.05, 4.69) is 0 Å². The van der Waals surface area contributed by atoms with E-state index in [-0.39, 0.29) is 17.4 Å². The van der Waals surface area contributed by atoms with Gasteiger partial charge in [-0.2, -0.15) is 0 Å². The molecule has 0 saturated carbocycles. The van der Waals surface area contributed by atoms with Gasteiger partial charge in [-0.05, 0) is 0 Å². The van der Waals surface area contributed by atoms with Gasteiger partial charge in [-0.15, -0.1) is 0 Å². The summed E-state index contributed by atoms with van der Waals surface area (Å²) in [5.41, 5.74) is 0. The van der Waals surface area contributed by atoms with Gasteiger partial charge >= 0.3 is 104 Å². The topological polar surface area (TPSA) is 172 Å². The average molecular weight is 714 g/mol. The fourth-order valence-corrected chi connectivity index (χ4v) is 0. The first kappa shape index (κ1) is 23.9. The van der Waals surface area contributed by atoms with E-state index in [1.165, 1.54) is 0 Å². The Morgan fingerprint density at radius 3 is 0.538 bits per heavy atom. The summed E-state index contributed by atoms with van der Waals surface area (Å²) in [5, 5.41) is 0. The first-order valence-corrected chi connectivity index (χ1v) is 13.4. The maximum absolute atomic E-state index is 8.62. The Morgan fingerprint density at radius 2 is 0.538 bits per heavy atom. The molecular weight excluding hydrogens is 714 g/mol. The summed E-state index contributed by atoms with van der Waals surface area (Å²) in [6, 6.07) is 0. The van der Waals surface area contributed by atoms with Crippen molar-refractivity contribution in [3.63, 3.8) is 0 Å². The van der Waals surface area contributed by atoms with Crippen molar-refractivity contribution in [2.75, 3.05) is 0 Å². The molecule has 0 aliphatic carbocycles. The molecule has 0 fully saturated rings. The van der Waals surface area contributed by atoms with Gasteiger partial charge in [-0.25, -0.2) is 0 Å². The Hall–Kier alpha value is 1.43. The first-order chi connectivity index (χ1) is 5.20. The van der Waals surface area contributed by atoms with Crippen LogP contribution < -0.4 is 10.8 Å². The van der Waals surface area contributed by atoms with Gasteiger partial charge in [0.15, 0.2) is 0 Å². The Morgan fingerprint density at radius 1 is 0.538 bits per heavy atom. The van der Waals surface area contributed by atoms with Gasteiger partial charge in [0.25, 0.3) is 0 Å². The van der Waals surface area contributed by atoms with Gasteiger partial charge in [0, 0.05) is 0 Å². The van der Waals surface area contributed by atoms with E-state index in [1.54, 1.807) is 0 Å². The van der Waals surface area contributed by atoms with E-state index in [0.29, 0.717) is 0 Å². The average Bonchev–Trinajstić information content (AvgIpc) is 1.54. The minimum absolute atomic E-state index is 0. The van der Waals surface area contributed by atoms with E-state index in [9.17, 15) is 0 Å². The second-order valence-corrected chi connectivity index (χ2v) is 5.49. The molecule has 13 heteroatoms. The first-order valence-electron chi connectivity index (χ1n) is 1.64. The van der Waals surface area contributed by atoms with Crippen LogP contribution in [0.5, 0.6) is 0 Å². The van der Waals surface area contributed by atoms with Crippen LogP contribution >= 0.6 is 0 Å². The van der Waals surface area contributed by atoms with Crippen LogP contribution in [-0.4, -0.2) is 17.4 Å². The zero-order valence-electron chi connectivity index (χ0n) is 5.59. The molecule has 0 radical (unpaired) electrons. The molecule has 0 bridgehead atoms. The molecule has 0 spiro atoms. The second kappa shape index (κ2) is 19.1. The predicted molar refractivity (Wildman–Crippen MR) is 9.87 cm³/mol. The van der Waals surface area contributed by atoms with Crippen LogP contribution in [0, 0.1) is 0 Å². The van der Waals surface area contributed by atoms with Crippen molar-refractivity contribution >= 4 is 17.4 Å². The summed E-state index contributed by atoms with van der Waals surface area (Å²) >= 11 is -13.0. The molecule has 0 atom stereocenters. The SMILES string of the molecule is [Al+3].[O]=[Ta](=[O])[O-].[O]=[Ta](=[O])[O-].[O]=[Ta](=[O])[O-]. The van der Waals surface area contributed by atoms with Gasteiger partial charge in [-0.1, -0.05) is 0 Å². The van der Waals surface area contributed by atoms with Crippen molar-refractivity contribution in [1.82, 2.24) is 0 Å². The van der Waals surface area contributed by atoms with Crippen LogP contribution in [0.25, 0.3) is 0 Å². The van der Waals surface area contributed by atoms with Crippen LogP contribution in [-0.2, 0) is 75.9 Å². The van der Waals surface area contributed by atoms with Crippen LogP contribution in [0.1, 0.15) is 0 Å². The Kier molecular flexibility index (Phi) is 35.1. The fraction of sp³-hybridized carbons (Fsp3) is 0. The van der Waals surface area contributed by atoms with Crippen molar-refractivity contribution in [2.24, 2.45) is 0 Å². The zero-order valence-corrected chi connectivity index (χ0v) is 16.4. The van der Waals surface area contributed by atoms with E-state index in [4.69, 9.17) is 30.3 Å². The van der Waals surface area contributed by atoms with Crippen molar-refractivity contribution in [3.05, 3.63) is 0 Å². The summed E-state index contributed by atoms with van der Waals surface area (Å²) in [6.07, 6.45) is 0. The van der Waals surface area contributed by atoms with Crippen molar-refractivity contribution in [1.29, 1.82) is 0 Å². The minimum atomic E-state index is -4.34. The molecule has 0 aromatic carbocycles. The fourth-order valence-electron chi connectivity index (χ4n) is 0. The van der Waals surface area contributed by atoms with E-state index in [0.717, 1.165) is 0 Å². The summed E-state index contributed by atoms with van der Waals surface area (Å²) < 4.78 is 77.6. The van der Waals surface area contributed by atoms with Crippen LogP contribution in [0.2, 0.25) is 0 Å². The number of hydrogen-bond donors (Lipinski definition) is 0. The van der Waals surface area contributed by atoms with Crippen molar-refractivity contribution in [2.45, 2.75) is 0 Å². The van der Waals surface area contributed by atoms with Crippen LogP contribution in [0.3, 0.4) is 0 Å². The Balaban J connectivity index is -0.0000000450. The summed E-state index contributed by atoms with van der Waals surface area (Å²) in [6.45, 7) is 0. The summed E-state index contributed by atoms with van der Waals surface area (Å²) in [5.74, 6) is 0. The standard InChI is InChI=1S/Al.9O.3Ta/q+3;;;;;;;3*-1;;;. The van der Waals surface area contributed by atoms with E-state index < -0.39 is 56.4 Å². The third kappa shape index (κ3) is 855. The molecule has 0 aliphatic rings. The number of rotatable bonds is 0. The van der Waals surface area contributed by atoms with Crippen LogP contribution in [0.4, 0.5) is 0 Å². The third-order valence-corrected chi connectivity index (χ3v) is 0. The molecule has 0 aromatic rings. The van der Waals surface area contributed by atoms with E-state index >= 15 is 0 Å². The quantitative estimate of drug-likeness (QED) is 0.224. The summed E-state index contributed by atoms with van der Waals surface area (Å²) in [7, 11) is 0. The van der Waals surface area contributed by atoms with Gasteiger partial charge in [0.1, 0.15) is 0 Å². The molecule has 13 heavy (non-hydrogen) atoms. The number of hydrogen-bond acceptors (Lipinski definition) is 9. The molecule has 0 saturated heterocycles. The third-order valence-electron chi connectivity index (χ3n) is 0. The zero-order chi connectivity index (χ0) is 10.7. The molecule has 0 aliphatic heterocycles. The van der Waals surface area contributed by atoms with E-state index in [1.807, 2.05) is 0 Å². The van der Waals surface area contributed by atoms with Crippen LogP contribution in [0.15, 0.2) is 0 Å². The molecular formula is AlO9Ta3. The second-order valence-electron chi connectivity index (χ2n) is 0.671. The van der Waals surface area contributed by atoms with Gasteiger partial charge in [0.2, 0.25) is 0 Å². The molecule has 9 nitrogen and oxygen atoms in total. The van der Waals surface area contributed by atoms with Gasteiger partial charge in [-0.3, -0.25) is 0 Å². The molecule has 0 amide bonds. The monoisotopic (exact) mass is 714 g/mol. The van der Waals surface area contributed by atoms with Gasteiger partial charge < -0.3 is 0 Å². The van der Waals surface area contributed by atoms with Crippen molar-refractivity contribution < 1.29 is 86.7 Å². The Bertz CT molecular complexity index is 208. The molecule has 0 heterocycles. The molecule has 0 N–H and O–H groups in total. The Labute approximate surface area is 103 Å². The molecule has 0 aromatic heterocycles. The molecule has 72 valence electrons.